The first-order valence-electron chi connectivity index (χ1n) is 8.25. The van der Waals surface area contributed by atoms with Crippen molar-refractivity contribution >= 4 is 25.4 Å². The smallest absolute Gasteiger partial charge is 0.337 e. The Labute approximate surface area is 142 Å². The molecule has 0 spiro atoms. The standard InChI is InChI=1S/C18H22O5Si/c1-4-21-17(19)13-10-14-16(11-15(13)22-18(14)20)23-24(2,3)12-8-6-5-7-9-12/h5-10,14-16H,4,11H2,1-3H3/t14-,15-,16+/m1/s1. The van der Waals surface area contributed by atoms with Crippen LogP contribution in [0.3, 0.4) is 0 Å². The van der Waals surface area contributed by atoms with Crippen LogP contribution in [-0.2, 0) is 23.5 Å². The molecule has 1 fully saturated rings. The first-order valence-corrected chi connectivity index (χ1v) is 11.2. The third-order valence-corrected chi connectivity index (χ3v) is 7.13. The molecule has 2 aliphatic heterocycles. The molecule has 6 heteroatoms. The van der Waals surface area contributed by atoms with E-state index < -0.39 is 26.3 Å². The topological polar surface area (TPSA) is 61.8 Å². The molecule has 1 aromatic rings. The Balaban J connectivity index is 1.80. The van der Waals surface area contributed by atoms with Crippen LogP contribution in [0.1, 0.15) is 13.3 Å². The van der Waals surface area contributed by atoms with Crippen molar-refractivity contribution in [3.63, 3.8) is 0 Å². The Bertz CT molecular complexity index is 667. The van der Waals surface area contributed by atoms with Gasteiger partial charge in [0, 0.05) is 6.42 Å². The largest absolute Gasteiger partial charge is 0.463 e. The average molecular weight is 346 g/mol. The minimum absolute atomic E-state index is 0.253. The molecule has 0 amide bonds. The highest BCUT2D eigenvalue weighted by Gasteiger charge is 2.48. The van der Waals surface area contributed by atoms with Crippen molar-refractivity contribution in [2.24, 2.45) is 5.92 Å². The second kappa shape index (κ2) is 6.53. The summed E-state index contributed by atoms with van der Waals surface area (Å²) < 4.78 is 16.8. The molecule has 24 heavy (non-hydrogen) atoms. The molecule has 128 valence electrons. The van der Waals surface area contributed by atoms with Gasteiger partial charge in [-0.3, -0.25) is 4.79 Å². The van der Waals surface area contributed by atoms with Gasteiger partial charge >= 0.3 is 11.9 Å². The highest BCUT2D eigenvalue weighted by atomic mass is 28.4. The lowest BCUT2D eigenvalue weighted by Crippen LogP contribution is -2.55. The molecule has 1 aliphatic carbocycles. The first-order chi connectivity index (χ1) is 11.4. The van der Waals surface area contributed by atoms with Crippen LogP contribution in [-0.4, -0.2) is 39.1 Å². The van der Waals surface area contributed by atoms with Gasteiger partial charge in [-0.25, -0.2) is 4.79 Å². The molecule has 2 bridgehead atoms. The van der Waals surface area contributed by atoms with E-state index in [0.717, 1.165) is 0 Å². The molecule has 0 radical (unpaired) electrons. The van der Waals surface area contributed by atoms with Gasteiger partial charge in [0.2, 0.25) is 8.32 Å². The number of rotatable bonds is 5. The van der Waals surface area contributed by atoms with Crippen molar-refractivity contribution in [1.82, 2.24) is 0 Å². The van der Waals surface area contributed by atoms with Crippen LogP contribution in [0.2, 0.25) is 13.1 Å². The number of hydrogen-bond donors (Lipinski definition) is 0. The summed E-state index contributed by atoms with van der Waals surface area (Å²) in [7, 11) is -2.15. The maximum absolute atomic E-state index is 12.1. The molecule has 3 aliphatic rings. The zero-order valence-corrected chi connectivity index (χ0v) is 15.2. The van der Waals surface area contributed by atoms with Crippen LogP contribution in [0.4, 0.5) is 0 Å². The maximum Gasteiger partial charge on any atom is 0.337 e. The van der Waals surface area contributed by atoms with Gasteiger partial charge in [0.05, 0.1) is 18.3 Å². The Kier molecular flexibility index (Phi) is 4.60. The highest BCUT2D eigenvalue weighted by Crippen LogP contribution is 2.37. The summed E-state index contributed by atoms with van der Waals surface area (Å²) in [5.74, 6) is -1.26. The lowest BCUT2D eigenvalue weighted by atomic mass is 9.83. The Hall–Kier alpha value is -1.92. The molecule has 0 saturated carbocycles. The van der Waals surface area contributed by atoms with Gasteiger partial charge in [-0.05, 0) is 25.2 Å². The predicted octanol–water partition coefficient (Wildman–Crippen LogP) is 1.92. The average Bonchev–Trinajstić information content (AvgIpc) is 2.55. The number of ether oxygens (including phenoxy) is 2. The van der Waals surface area contributed by atoms with Crippen molar-refractivity contribution in [2.75, 3.05) is 6.61 Å². The third kappa shape index (κ3) is 3.16. The number of carbonyl (C=O) groups excluding carboxylic acids is 2. The second-order valence-electron chi connectivity index (χ2n) is 6.56. The molecule has 1 aromatic carbocycles. The first kappa shape index (κ1) is 16.9. The molecule has 0 unspecified atom stereocenters. The fraction of sp³-hybridized carbons (Fsp3) is 0.444. The van der Waals surface area contributed by atoms with Gasteiger partial charge in [-0.2, -0.15) is 0 Å². The second-order valence-corrected chi connectivity index (χ2v) is 10.4. The maximum atomic E-state index is 12.1. The van der Waals surface area contributed by atoms with Gasteiger partial charge < -0.3 is 13.9 Å². The fourth-order valence-corrected chi connectivity index (χ4v) is 5.40. The molecule has 1 saturated heterocycles. The van der Waals surface area contributed by atoms with Crippen molar-refractivity contribution in [1.29, 1.82) is 0 Å². The summed E-state index contributed by atoms with van der Waals surface area (Å²) in [5.41, 5.74) is 0.445. The van der Waals surface area contributed by atoms with Gasteiger partial charge in [-0.15, -0.1) is 0 Å². The van der Waals surface area contributed by atoms with Gasteiger partial charge in [-0.1, -0.05) is 36.4 Å². The molecular formula is C18H22O5Si. The SMILES string of the molecule is CCOC(=O)C1=C[C@H]2C(=O)O[C@@H]1C[C@@H]2O[Si](C)(C)c1ccccc1. The molecule has 3 atom stereocenters. The molecular weight excluding hydrogens is 324 g/mol. The number of esters is 2. The lowest BCUT2D eigenvalue weighted by Gasteiger charge is -2.42. The monoisotopic (exact) mass is 346 g/mol. The van der Waals surface area contributed by atoms with Crippen molar-refractivity contribution in [3.8, 4) is 0 Å². The number of fused-ring (bicyclic) bond motifs is 2. The molecule has 5 nitrogen and oxygen atoms in total. The molecule has 2 heterocycles. The minimum atomic E-state index is -2.15. The normalized spacial score (nSPS) is 25.9. The van der Waals surface area contributed by atoms with Crippen LogP contribution in [0.15, 0.2) is 42.0 Å². The van der Waals surface area contributed by atoms with E-state index in [1.807, 2.05) is 18.2 Å². The number of carbonyl (C=O) groups is 2. The zero-order valence-electron chi connectivity index (χ0n) is 14.2. The molecule has 0 N–H and O–H groups in total. The van der Waals surface area contributed by atoms with Crippen LogP contribution in [0.5, 0.6) is 0 Å². The van der Waals surface area contributed by atoms with Crippen LogP contribution >= 0.6 is 0 Å². The third-order valence-electron chi connectivity index (χ3n) is 4.51. The number of hydrogen-bond acceptors (Lipinski definition) is 5. The lowest BCUT2D eigenvalue weighted by molar-refractivity contribution is -0.167. The van der Waals surface area contributed by atoms with E-state index in [2.05, 4.69) is 25.2 Å². The number of benzene rings is 1. The predicted molar refractivity (Wildman–Crippen MR) is 91.1 cm³/mol. The summed E-state index contributed by atoms with van der Waals surface area (Å²) in [6.45, 7) is 6.29. The minimum Gasteiger partial charge on any atom is -0.463 e. The van der Waals surface area contributed by atoms with E-state index in [1.54, 1.807) is 13.0 Å². The molecule has 0 aromatic heterocycles. The van der Waals surface area contributed by atoms with E-state index in [-0.39, 0.29) is 12.1 Å². The zero-order chi connectivity index (χ0) is 17.3. The van der Waals surface area contributed by atoms with E-state index in [1.165, 1.54) is 5.19 Å². The summed E-state index contributed by atoms with van der Waals surface area (Å²) in [4.78, 5) is 24.1. The van der Waals surface area contributed by atoms with E-state index in [4.69, 9.17) is 13.9 Å². The van der Waals surface area contributed by atoms with E-state index in [0.29, 0.717) is 18.6 Å². The Morgan fingerprint density at radius 2 is 2.00 bits per heavy atom. The fourth-order valence-electron chi connectivity index (χ4n) is 3.26. The summed E-state index contributed by atoms with van der Waals surface area (Å²) in [5, 5.41) is 1.18. The van der Waals surface area contributed by atoms with Crippen LogP contribution < -0.4 is 5.19 Å². The van der Waals surface area contributed by atoms with Gasteiger partial charge in [0.1, 0.15) is 12.0 Å². The van der Waals surface area contributed by atoms with Crippen molar-refractivity contribution in [3.05, 3.63) is 42.0 Å². The van der Waals surface area contributed by atoms with Crippen LogP contribution in [0, 0.1) is 5.92 Å². The molecule has 4 rings (SSSR count). The summed E-state index contributed by atoms with van der Waals surface area (Å²) in [6, 6.07) is 10.1. The Morgan fingerprint density at radius 1 is 1.29 bits per heavy atom. The van der Waals surface area contributed by atoms with E-state index in [9.17, 15) is 9.59 Å². The van der Waals surface area contributed by atoms with Gasteiger partial charge in [0.15, 0.2) is 0 Å². The highest BCUT2D eigenvalue weighted by molar-refractivity contribution is 6.84. The van der Waals surface area contributed by atoms with Crippen molar-refractivity contribution < 1.29 is 23.5 Å². The summed E-state index contributed by atoms with van der Waals surface area (Å²) in [6.07, 6.45) is 1.37. The quantitative estimate of drug-likeness (QED) is 0.602. The van der Waals surface area contributed by atoms with Crippen molar-refractivity contribution in [2.45, 2.75) is 38.6 Å². The Morgan fingerprint density at radius 3 is 2.62 bits per heavy atom. The van der Waals surface area contributed by atoms with Crippen LogP contribution in [0.25, 0.3) is 0 Å². The van der Waals surface area contributed by atoms with Gasteiger partial charge in [0.25, 0.3) is 0 Å². The summed E-state index contributed by atoms with van der Waals surface area (Å²) >= 11 is 0. The van der Waals surface area contributed by atoms with E-state index >= 15 is 0 Å².